The van der Waals surface area contributed by atoms with Crippen LogP contribution in [0.25, 0.3) is 0 Å². The molecule has 0 spiro atoms. The third-order valence-electron chi connectivity index (χ3n) is 1.61. The number of aromatic hydroxyl groups is 1. The summed E-state index contributed by atoms with van der Waals surface area (Å²) in [6.07, 6.45) is 0.816. The Morgan fingerprint density at radius 3 is 2.83 bits per heavy atom. The van der Waals surface area contributed by atoms with Crippen LogP contribution in [0.5, 0.6) is 5.75 Å². The fraction of sp³-hybridized carbons (Fsp3) is 0.333. The molecule has 0 amide bonds. The molecule has 0 saturated carbocycles. The van der Waals surface area contributed by atoms with Crippen LogP contribution in [0.2, 0.25) is 5.02 Å². The van der Waals surface area contributed by atoms with Crippen LogP contribution in [0.15, 0.2) is 18.2 Å². The number of methoxy groups -OCH3 is 1. The lowest BCUT2D eigenvalue weighted by atomic mass is 10.1. The second-order valence-corrected chi connectivity index (χ2v) is 2.94. The summed E-state index contributed by atoms with van der Waals surface area (Å²) in [5.41, 5.74) is 1.07. The van der Waals surface area contributed by atoms with Gasteiger partial charge in [-0.1, -0.05) is 17.7 Å². The number of ether oxygens (including phenoxy) is 1. The molecule has 0 bridgehead atoms. The van der Waals surface area contributed by atoms with Gasteiger partial charge in [0.2, 0.25) is 0 Å². The van der Waals surface area contributed by atoms with Crippen LogP contribution in [0.4, 0.5) is 0 Å². The molecule has 1 aromatic carbocycles. The monoisotopic (exact) mass is 186 g/mol. The summed E-state index contributed by atoms with van der Waals surface area (Å²) in [4.78, 5) is 0. The Bertz CT molecular complexity index is 261. The van der Waals surface area contributed by atoms with E-state index in [1.54, 1.807) is 19.2 Å². The van der Waals surface area contributed by atoms with Crippen molar-refractivity contribution >= 4 is 11.6 Å². The van der Waals surface area contributed by atoms with E-state index in [2.05, 4.69) is 0 Å². The smallest absolute Gasteiger partial charge is 0.134 e. The lowest BCUT2D eigenvalue weighted by molar-refractivity contribution is 0.202. The number of rotatable bonds is 3. The van der Waals surface area contributed by atoms with E-state index in [0.717, 1.165) is 12.0 Å². The average molecular weight is 187 g/mol. The molecule has 66 valence electrons. The van der Waals surface area contributed by atoms with Crippen LogP contribution in [0, 0.1) is 0 Å². The van der Waals surface area contributed by atoms with Gasteiger partial charge in [-0.25, -0.2) is 0 Å². The normalized spacial score (nSPS) is 10.2. The molecule has 0 aliphatic heterocycles. The Labute approximate surface area is 76.7 Å². The predicted molar refractivity (Wildman–Crippen MR) is 48.7 cm³/mol. The molecule has 0 fully saturated rings. The minimum absolute atomic E-state index is 0.123. The van der Waals surface area contributed by atoms with E-state index in [1.165, 1.54) is 0 Å². The summed E-state index contributed by atoms with van der Waals surface area (Å²) in [5.74, 6) is 0.123. The largest absolute Gasteiger partial charge is 0.506 e. The molecule has 0 aliphatic carbocycles. The van der Waals surface area contributed by atoms with Crippen LogP contribution in [-0.2, 0) is 11.2 Å². The molecular weight excluding hydrogens is 176 g/mol. The highest BCUT2D eigenvalue weighted by molar-refractivity contribution is 6.32. The molecule has 1 rings (SSSR count). The molecular formula is C9H11ClO2. The van der Waals surface area contributed by atoms with Crippen LogP contribution in [0.3, 0.4) is 0 Å². The van der Waals surface area contributed by atoms with Crippen molar-refractivity contribution in [2.75, 3.05) is 13.7 Å². The Hall–Kier alpha value is -0.730. The molecule has 0 aromatic heterocycles. The zero-order chi connectivity index (χ0) is 8.97. The Morgan fingerprint density at radius 2 is 2.25 bits per heavy atom. The fourth-order valence-corrected chi connectivity index (χ4v) is 1.13. The summed E-state index contributed by atoms with van der Waals surface area (Å²) < 4.78 is 4.91. The highest BCUT2D eigenvalue weighted by Gasteiger charge is 1.98. The fourth-order valence-electron chi connectivity index (χ4n) is 0.926. The van der Waals surface area contributed by atoms with Crippen molar-refractivity contribution in [1.82, 2.24) is 0 Å². The zero-order valence-corrected chi connectivity index (χ0v) is 7.64. The van der Waals surface area contributed by atoms with E-state index in [0.29, 0.717) is 11.6 Å². The lowest BCUT2D eigenvalue weighted by Gasteiger charge is -2.01. The van der Waals surface area contributed by atoms with E-state index >= 15 is 0 Å². The first-order chi connectivity index (χ1) is 5.74. The van der Waals surface area contributed by atoms with E-state index in [1.807, 2.05) is 6.07 Å². The Morgan fingerprint density at radius 1 is 1.50 bits per heavy atom. The first-order valence-electron chi connectivity index (χ1n) is 3.70. The third-order valence-corrected chi connectivity index (χ3v) is 1.91. The van der Waals surface area contributed by atoms with Gasteiger partial charge in [-0.15, -0.1) is 0 Å². The maximum Gasteiger partial charge on any atom is 0.134 e. The summed E-state index contributed by atoms with van der Waals surface area (Å²) >= 11 is 5.70. The van der Waals surface area contributed by atoms with Crippen molar-refractivity contribution in [2.24, 2.45) is 0 Å². The highest BCUT2D eigenvalue weighted by atomic mass is 35.5. The number of phenolic OH excluding ortho intramolecular Hbond substituents is 1. The van der Waals surface area contributed by atoms with E-state index in [9.17, 15) is 0 Å². The van der Waals surface area contributed by atoms with Gasteiger partial charge in [0.1, 0.15) is 5.75 Å². The van der Waals surface area contributed by atoms with E-state index < -0.39 is 0 Å². The first kappa shape index (κ1) is 9.36. The van der Waals surface area contributed by atoms with Crippen molar-refractivity contribution in [3.63, 3.8) is 0 Å². The molecule has 1 aromatic rings. The Balaban J connectivity index is 2.69. The first-order valence-corrected chi connectivity index (χ1v) is 4.08. The van der Waals surface area contributed by atoms with Gasteiger partial charge in [0.15, 0.2) is 0 Å². The van der Waals surface area contributed by atoms with Gasteiger partial charge in [0, 0.05) is 7.11 Å². The van der Waals surface area contributed by atoms with Gasteiger partial charge >= 0.3 is 0 Å². The number of benzene rings is 1. The van der Waals surface area contributed by atoms with Crippen LogP contribution >= 0.6 is 11.6 Å². The molecule has 3 heteroatoms. The second-order valence-electron chi connectivity index (χ2n) is 2.53. The van der Waals surface area contributed by atoms with E-state index in [-0.39, 0.29) is 5.75 Å². The van der Waals surface area contributed by atoms with Crippen molar-refractivity contribution in [2.45, 2.75) is 6.42 Å². The number of hydrogen-bond donors (Lipinski definition) is 1. The van der Waals surface area contributed by atoms with Gasteiger partial charge in [0.25, 0.3) is 0 Å². The van der Waals surface area contributed by atoms with Crippen molar-refractivity contribution in [3.8, 4) is 5.75 Å². The summed E-state index contributed by atoms with van der Waals surface area (Å²) in [6, 6.07) is 5.17. The maximum atomic E-state index is 9.11. The quantitative estimate of drug-likeness (QED) is 0.785. The molecule has 0 atom stereocenters. The Kier molecular flexibility index (Phi) is 3.38. The molecule has 0 radical (unpaired) electrons. The number of hydrogen-bond acceptors (Lipinski definition) is 2. The molecule has 2 nitrogen and oxygen atoms in total. The lowest BCUT2D eigenvalue weighted by Crippen LogP contribution is -1.93. The minimum Gasteiger partial charge on any atom is -0.506 e. The molecule has 0 heterocycles. The van der Waals surface area contributed by atoms with Gasteiger partial charge in [0.05, 0.1) is 11.6 Å². The van der Waals surface area contributed by atoms with Gasteiger partial charge in [-0.3, -0.25) is 0 Å². The van der Waals surface area contributed by atoms with E-state index in [4.69, 9.17) is 21.4 Å². The molecule has 0 aliphatic rings. The summed E-state index contributed by atoms with van der Waals surface area (Å²) in [7, 11) is 1.65. The molecule has 1 N–H and O–H groups in total. The molecule has 0 unspecified atom stereocenters. The van der Waals surface area contributed by atoms with Crippen molar-refractivity contribution < 1.29 is 9.84 Å². The number of halogens is 1. The second kappa shape index (κ2) is 4.33. The molecule has 0 saturated heterocycles. The number of phenols is 1. The van der Waals surface area contributed by atoms with Crippen LogP contribution in [0.1, 0.15) is 5.56 Å². The highest BCUT2D eigenvalue weighted by Crippen LogP contribution is 2.23. The van der Waals surface area contributed by atoms with Crippen LogP contribution < -0.4 is 0 Å². The standard InChI is InChI=1S/C9H11ClO2/c1-12-5-4-7-2-3-9(11)8(10)6-7/h2-3,6,11H,4-5H2,1H3. The summed E-state index contributed by atoms with van der Waals surface area (Å²) in [5, 5.41) is 9.50. The SMILES string of the molecule is COCCc1ccc(O)c(Cl)c1. The van der Waals surface area contributed by atoms with Gasteiger partial charge in [-0.05, 0) is 24.1 Å². The average Bonchev–Trinajstić information content (AvgIpc) is 2.07. The topological polar surface area (TPSA) is 29.5 Å². The predicted octanol–water partition coefficient (Wildman–Crippen LogP) is 2.23. The van der Waals surface area contributed by atoms with Crippen molar-refractivity contribution in [3.05, 3.63) is 28.8 Å². The van der Waals surface area contributed by atoms with Gasteiger partial charge in [-0.2, -0.15) is 0 Å². The van der Waals surface area contributed by atoms with Gasteiger partial charge < -0.3 is 9.84 Å². The minimum atomic E-state index is 0.123. The summed E-state index contributed by atoms with van der Waals surface area (Å²) in [6.45, 7) is 0.668. The van der Waals surface area contributed by atoms with Crippen LogP contribution in [-0.4, -0.2) is 18.8 Å². The zero-order valence-electron chi connectivity index (χ0n) is 6.88. The maximum absolute atomic E-state index is 9.11. The molecule has 12 heavy (non-hydrogen) atoms. The van der Waals surface area contributed by atoms with Crippen molar-refractivity contribution in [1.29, 1.82) is 0 Å². The third kappa shape index (κ3) is 2.40.